The average molecular weight is 539 g/mol. The number of nitrogens with one attached hydrogen (secondary N) is 1. The number of hydrogen-bond acceptors (Lipinski definition) is 4. The summed E-state index contributed by atoms with van der Waals surface area (Å²) in [5.41, 5.74) is 5.02. The van der Waals surface area contributed by atoms with Crippen LogP contribution in [-0.2, 0) is 6.61 Å². The number of fused-ring (bicyclic) bond motifs is 2. The van der Waals surface area contributed by atoms with Crippen LogP contribution >= 0.6 is 15.9 Å². The Balaban J connectivity index is 1.32. The van der Waals surface area contributed by atoms with Gasteiger partial charge in [-0.05, 0) is 66.8 Å². The molecule has 5 aromatic rings. The fourth-order valence-electron chi connectivity index (χ4n) is 4.17. The molecule has 0 fully saturated rings. The van der Waals surface area contributed by atoms with Gasteiger partial charge in [-0.25, -0.2) is 5.43 Å². The van der Waals surface area contributed by atoms with E-state index in [4.69, 9.17) is 9.47 Å². The highest BCUT2D eigenvalue weighted by Gasteiger charge is 2.13. The summed E-state index contributed by atoms with van der Waals surface area (Å²) in [7, 11) is 1.59. The molecule has 0 radical (unpaired) electrons. The second kappa shape index (κ2) is 10.6. The topological polar surface area (TPSA) is 59.9 Å². The molecule has 5 aromatic carbocycles. The van der Waals surface area contributed by atoms with Crippen LogP contribution in [-0.4, -0.2) is 19.2 Å². The third-order valence-corrected chi connectivity index (χ3v) is 6.51. The normalized spacial score (nSPS) is 11.2. The summed E-state index contributed by atoms with van der Waals surface area (Å²) in [6.07, 6.45) is 1.57. The van der Waals surface area contributed by atoms with Gasteiger partial charge in [0.05, 0.1) is 17.8 Å². The standard InChI is InChI=1S/C30H23BrN2O3/c1-35-28-17-20(18-32-33-30(34)26-15-7-11-22-9-3-5-14-25(22)26)16-27(31)29(28)36-19-23-12-6-10-21-8-2-4-13-24(21)23/h2-18H,19H2,1H3,(H,33,34)/b32-18-. The molecule has 0 heterocycles. The number of ether oxygens (including phenoxy) is 2. The van der Waals surface area contributed by atoms with Crippen LogP contribution in [0.3, 0.4) is 0 Å². The van der Waals surface area contributed by atoms with E-state index in [1.54, 1.807) is 19.4 Å². The Bertz CT molecular complexity index is 1590. The first kappa shape index (κ1) is 23.6. The van der Waals surface area contributed by atoms with Crippen molar-refractivity contribution in [2.24, 2.45) is 5.10 Å². The molecule has 0 aliphatic heterocycles. The third-order valence-electron chi connectivity index (χ3n) is 5.92. The summed E-state index contributed by atoms with van der Waals surface area (Å²) < 4.78 is 12.5. The number of rotatable bonds is 7. The van der Waals surface area contributed by atoms with Gasteiger partial charge < -0.3 is 9.47 Å². The van der Waals surface area contributed by atoms with Crippen molar-refractivity contribution in [1.82, 2.24) is 5.43 Å². The Morgan fingerprint density at radius 3 is 2.33 bits per heavy atom. The summed E-state index contributed by atoms with van der Waals surface area (Å²) in [5.74, 6) is 0.887. The fourth-order valence-corrected chi connectivity index (χ4v) is 4.75. The van der Waals surface area contributed by atoms with Crippen LogP contribution in [0.2, 0.25) is 0 Å². The lowest BCUT2D eigenvalue weighted by molar-refractivity contribution is 0.0957. The minimum atomic E-state index is -0.274. The molecule has 0 saturated carbocycles. The van der Waals surface area contributed by atoms with Crippen molar-refractivity contribution in [3.8, 4) is 11.5 Å². The molecule has 0 unspecified atom stereocenters. The van der Waals surface area contributed by atoms with Crippen LogP contribution in [0.25, 0.3) is 21.5 Å². The highest BCUT2D eigenvalue weighted by atomic mass is 79.9. The highest BCUT2D eigenvalue weighted by Crippen LogP contribution is 2.37. The molecule has 0 saturated heterocycles. The summed E-state index contributed by atoms with van der Waals surface area (Å²) in [6.45, 7) is 0.394. The second-order valence-electron chi connectivity index (χ2n) is 8.19. The molecular weight excluding hydrogens is 516 g/mol. The zero-order chi connectivity index (χ0) is 24.9. The Hall–Kier alpha value is -4.16. The van der Waals surface area contributed by atoms with Crippen LogP contribution in [0.4, 0.5) is 0 Å². The molecule has 1 N–H and O–H groups in total. The lowest BCUT2D eigenvalue weighted by Crippen LogP contribution is -2.17. The number of hydrazone groups is 1. The molecule has 178 valence electrons. The molecular formula is C30H23BrN2O3. The predicted molar refractivity (Wildman–Crippen MR) is 148 cm³/mol. The molecule has 0 aliphatic carbocycles. The van der Waals surface area contributed by atoms with E-state index in [0.717, 1.165) is 31.8 Å². The van der Waals surface area contributed by atoms with Crippen LogP contribution < -0.4 is 14.9 Å². The van der Waals surface area contributed by atoms with Crippen LogP contribution in [0.15, 0.2) is 107 Å². The first-order valence-electron chi connectivity index (χ1n) is 11.4. The first-order chi connectivity index (χ1) is 17.6. The first-order valence-corrected chi connectivity index (χ1v) is 12.2. The maximum atomic E-state index is 12.7. The van der Waals surface area contributed by atoms with Crippen LogP contribution in [0, 0.1) is 0 Å². The molecule has 0 atom stereocenters. The van der Waals surface area contributed by atoms with E-state index in [9.17, 15) is 4.79 Å². The Labute approximate surface area is 217 Å². The van der Waals surface area contributed by atoms with Gasteiger partial charge in [-0.1, -0.05) is 78.9 Å². The van der Waals surface area contributed by atoms with Crippen LogP contribution in [0.5, 0.6) is 11.5 Å². The number of amides is 1. The van der Waals surface area contributed by atoms with Gasteiger partial charge in [-0.2, -0.15) is 5.10 Å². The van der Waals surface area contributed by atoms with Gasteiger partial charge in [-0.15, -0.1) is 0 Å². The fraction of sp³-hybridized carbons (Fsp3) is 0.0667. The predicted octanol–water partition coefficient (Wildman–Crippen LogP) is 7.11. The SMILES string of the molecule is COc1cc(/C=N\NC(=O)c2cccc3ccccc23)cc(Br)c1OCc1cccc2ccccc12. The lowest BCUT2D eigenvalue weighted by atomic mass is 10.0. The van der Waals surface area contributed by atoms with Gasteiger partial charge in [0.2, 0.25) is 0 Å². The van der Waals surface area contributed by atoms with Crippen molar-refractivity contribution in [1.29, 1.82) is 0 Å². The molecule has 5 nitrogen and oxygen atoms in total. The summed E-state index contributed by atoms with van der Waals surface area (Å²) >= 11 is 3.59. The molecule has 0 bridgehead atoms. The third kappa shape index (κ3) is 4.95. The summed E-state index contributed by atoms with van der Waals surface area (Å²) in [6, 6.07) is 31.5. The largest absolute Gasteiger partial charge is 0.493 e. The number of carbonyl (C=O) groups excluding carboxylic acids is 1. The van der Waals surface area contributed by atoms with Crippen molar-refractivity contribution in [3.05, 3.63) is 118 Å². The lowest BCUT2D eigenvalue weighted by Gasteiger charge is -2.14. The Kier molecular flexibility index (Phi) is 6.96. The number of halogens is 1. The molecule has 0 spiro atoms. The Morgan fingerprint density at radius 2 is 1.56 bits per heavy atom. The molecule has 0 aromatic heterocycles. The molecule has 6 heteroatoms. The number of nitrogens with zero attached hydrogens (tertiary/aromatic N) is 1. The van der Waals surface area contributed by atoms with E-state index < -0.39 is 0 Å². The molecule has 1 amide bonds. The van der Waals surface area contributed by atoms with Crippen molar-refractivity contribution in [2.45, 2.75) is 6.61 Å². The maximum absolute atomic E-state index is 12.7. The van der Waals surface area contributed by atoms with Gasteiger partial charge in [0.15, 0.2) is 11.5 Å². The van der Waals surface area contributed by atoms with E-state index in [2.05, 4.69) is 50.7 Å². The van der Waals surface area contributed by atoms with Crippen molar-refractivity contribution < 1.29 is 14.3 Å². The Morgan fingerprint density at radius 1 is 0.889 bits per heavy atom. The van der Waals surface area contributed by atoms with Crippen molar-refractivity contribution in [3.63, 3.8) is 0 Å². The monoisotopic (exact) mass is 538 g/mol. The minimum Gasteiger partial charge on any atom is -0.493 e. The second-order valence-corrected chi connectivity index (χ2v) is 9.04. The van der Waals surface area contributed by atoms with Crippen LogP contribution in [0.1, 0.15) is 21.5 Å². The number of carbonyl (C=O) groups is 1. The zero-order valence-corrected chi connectivity index (χ0v) is 21.2. The quantitative estimate of drug-likeness (QED) is 0.177. The maximum Gasteiger partial charge on any atom is 0.271 e. The van der Waals surface area contributed by atoms with Gasteiger partial charge in [-0.3, -0.25) is 4.79 Å². The van der Waals surface area contributed by atoms with Crippen molar-refractivity contribution >= 4 is 49.6 Å². The highest BCUT2D eigenvalue weighted by molar-refractivity contribution is 9.10. The van der Waals surface area contributed by atoms with Gasteiger partial charge in [0.25, 0.3) is 5.91 Å². The summed E-state index contributed by atoms with van der Waals surface area (Å²) in [5, 5.41) is 8.36. The van der Waals surface area contributed by atoms with Gasteiger partial charge >= 0.3 is 0 Å². The average Bonchev–Trinajstić information content (AvgIpc) is 2.91. The van der Waals surface area contributed by atoms with Gasteiger partial charge in [0.1, 0.15) is 6.61 Å². The van der Waals surface area contributed by atoms with E-state index in [0.29, 0.717) is 23.7 Å². The molecule has 5 rings (SSSR count). The van der Waals surface area contributed by atoms with Crippen molar-refractivity contribution in [2.75, 3.05) is 7.11 Å². The minimum absolute atomic E-state index is 0.274. The van der Waals surface area contributed by atoms with E-state index >= 15 is 0 Å². The smallest absolute Gasteiger partial charge is 0.271 e. The van der Waals surface area contributed by atoms with Gasteiger partial charge in [0, 0.05) is 5.56 Å². The molecule has 36 heavy (non-hydrogen) atoms. The number of methoxy groups -OCH3 is 1. The number of hydrogen-bond donors (Lipinski definition) is 1. The zero-order valence-electron chi connectivity index (χ0n) is 19.6. The molecule has 0 aliphatic rings. The summed E-state index contributed by atoms with van der Waals surface area (Å²) in [4.78, 5) is 12.7. The van der Waals surface area contributed by atoms with E-state index in [1.165, 1.54) is 5.39 Å². The van der Waals surface area contributed by atoms with E-state index in [-0.39, 0.29) is 5.91 Å². The number of benzene rings is 5. The van der Waals surface area contributed by atoms with E-state index in [1.807, 2.05) is 66.7 Å².